The van der Waals surface area contributed by atoms with Gasteiger partial charge in [-0.1, -0.05) is 11.6 Å². The summed E-state index contributed by atoms with van der Waals surface area (Å²) in [4.78, 5) is 14.0. The lowest BCUT2D eigenvalue weighted by Crippen LogP contribution is -2.18. The molecule has 0 aliphatic carbocycles. The van der Waals surface area contributed by atoms with Crippen molar-refractivity contribution in [2.45, 2.75) is 16.3 Å². The SMILES string of the molecule is O=C(O)/C=C/c1cc(C(c2cc(F)ccc2F)S(=O)(=O)c2ccc(C(F)(F)F)cc2)c(Cl)cn1. The maximum atomic E-state index is 14.7. The largest absolute Gasteiger partial charge is 0.478 e. The zero-order chi connectivity index (χ0) is 25.3. The van der Waals surface area contributed by atoms with Gasteiger partial charge in [-0.25, -0.2) is 22.0 Å². The molecule has 0 saturated heterocycles. The fourth-order valence-electron chi connectivity index (χ4n) is 3.11. The fraction of sp³-hybridized carbons (Fsp3) is 0.0909. The maximum Gasteiger partial charge on any atom is 0.416 e. The van der Waals surface area contributed by atoms with Gasteiger partial charge in [0.1, 0.15) is 16.9 Å². The molecule has 12 heteroatoms. The van der Waals surface area contributed by atoms with Crippen LogP contribution in [-0.4, -0.2) is 24.5 Å². The van der Waals surface area contributed by atoms with Crippen molar-refractivity contribution in [3.63, 3.8) is 0 Å². The Morgan fingerprint density at radius 3 is 2.26 bits per heavy atom. The lowest BCUT2D eigenvalue weighted by Gasteiger charge is -2.21. The van der Waals surface area contributed by atoms with Gasteiger partial charge < -0.3 is 5.11 Å². The molecule has 0 fully saturated rings. The Hall–Kier alpha value is -3.31. The molecule has 0 saturated carbocycles. The third-order valence-corrected chi connectivity index (χ3v) is 7.02. The van der Waals surface area contributed by atoms with Crippen LogP contribution < -0.4 is 0 Å². The second-order valence-electron chi connectivity index (χ2n) is 6.92. The van der Waals surface area contributed by atoms with Gasteiger partial charge in [-0.3, -0.25) is 4.98 Å². The van der Waals surface area contributed by atoms with E-state index in [-0.39, 0.29) is 16.3 Å². The standard InChI is InChI=1S/C22H13ClF5NO4S/c23-18-11-29-14(4-8-20(30)31)10-16(18)21(17-9-13(24)3-7-19(17)25)34(32,33)15-5-1-12(2-6-15)22(26,27)28/h1-11,21H,(H,30,31)/b8-4+. The number of aliphatic carboxylic acids is 1. The third-order valence-electron chi connectivity index (χ3n) is 4.65. The molecule has 178 valence electrons. The lowest BCUT2D eigenvalue weighted by atomic mass is 10.0. The van der Waals surface area contributed by atoms with E-state index in [1.165, 1.54) is 0 Å². The normalized spacial score (nSPS) is 13.2. The summed E-state index contributed by atoms with van der Waals surface area (Å²) in [5, 5.41) is 6.53. The van der Waals surface area contributed by atoms with E-state index in [9.17, 15) is 35.2 Å². The number of carbonyl (C=O) groups is 1. The molecule has 0 bridgehead atoms. The van der Waals surface area contributed by atoms with E-state index in [1.54, 1.807) is 0 Å². The summed E-state index contributed by atoms with van der Waals surface area (Å²) in [7, 11) is -4.71. The number of halogens is 6. The van der Waals surface area contributed by atoms with Crippen LogP contribution in [0.15, 0.2) is 65.7 Å². The van der Waals surface area contributed by atoms with Gasteiger partial charge >= 0.3 is 12.1 Å². The summed E-state index contributed by atoms with van der Waals surface area (Å²) < 4.78 is 94.5. The van der Waals surface area contributed by atoms with Crippen LogP contribution in [0.3, 0.4) is 0 Å². The van der Waals surface area contributed by atoms with Gasteiger partial charge in [-0.2, -0.15) is 13.2 Å². The molecule has 0 radical (unpaired) electrons. The number of pyridine rings is 1. The lowest BCUT2D eigenvalue weighted by molar-refractivity contribution is -0.137. The number of benzene rings is 2. The van der Waals surface area contributed by atoms with Crippen LogP contribution in [0.2, 0.25) is 5.02 Å². The quantitative estimate of drug-likeness (QED) is 0.335. The van der Waals surface area contributed by atoms with Crippen molar-refractivity contribution < 1.29 is 40.3 Å². The van der Waals surface area contributed by atoms with E-state index in [1.807, 2.05) is 0 Å². The Morgan fingerprint density at radius 1 is 1.03 bits per heavy atom. The van der Waals surface area contributed by atoms with Crippen LogP contribution in [0.5, 0.6) is 0 Å². The van der Waals surface area contributed by atoms with Crippen molar-refractivity contribution in [1.82, 2.24) is 4.98 Å². The highest BCUT2D eigenvalue weighted by atomic mass is 35.5. The third kappa shape index (κ3) is 5.42. The summed E-state index contributed by atoms with van der Waals surface area (Å²) in [6.45, 7) is 0. The summed E-state index contributed by atoms with van der Waals surface area (Å²) in [5.74, 6) is -3.42. The predicted octanol–water partition coefficient (Wildman–Crippen LogP) is 5.69. The highest BCUT2D eigenvalue weighted by molar-refractivity contribution is 7.92. The van der Waals surface area contributed by atoms with Gasteiger partial charge in [-0.15, -0.1) is 0 Å². The molecule has 0 aliphatic heterocycles. The van der Waals surface area contributed by atoms with Crippen molar-refractivity contribution >= 4 is 33.5 Å². The molecule has 3 rings (SSSR count). The maximum absolute atomic E-state index is 14.7. The highest BCUT2D eigenvalue weighted by Crippen LogP contribution is 2.40. The summed E-state index contributed by atoms with van der Waals surface area (Å²) in [6, 6.07) is 5.63. The number of rotatable bonds is 6. The second-order valence-corrected chi connectivity index (χ2v) is 9.36. The summed E-state index contributed by atoms with van der Waals surface area (Å²) >= 11 is 6.14. The zero-order valence-corrected chi connectivity index (χ0v) is 18.3. The predicted molar refractivity (Wildman–Crippen MR) is 113 cm³/mol. The van der Waals surface area contributed by atoms with E-state index < -0.39 is 54.9 Å². The van der Waals surface area contributed by atoms with Crippen molar-refractivity contribution in [1.29, 1.82) is 0 Å². The first kappa shape index (κ1) is 25.3. The molecule has 1 aromatic heterocycles. The van der Waals surface area contributed by atoms with Gasteiger partial charge in [0.05, 0.1) is 21.2 Å². The van der Waals surface area contributed by atoms with Crippen LogP contribution >= 0.6 is 11.6 Å². The smallest absolute Gasteiger partial charge is 0.416 e. The molecular formula is C22H13ClF5NO4S. The number of carboxylic acid groups (broad SMARTS) is 1. The van der Waals surface area contributed by atoms with E-state index in [0.29, 0.717) is 42.5 Å². The molecule has 34 heavy (non-hydrogen) atoms. The number of hydrogen-bond donors (Lipinski definition) is 1. The molecule has 1 unspecified atom stereocenters. The molecule has 2 aromatic carbocycles. The highest BCUT2D eigenvalue weighted by Gasteiger charge is 2.36. The molecule has 1 N–H and O–H groups in total. The second kappa shape index (κ2) is 9.51. The van der Waals surface area contributed by atoms with Crippen molar-refractivity contribution in [2.24, 2.45) is 0 Å². The zero-order valence-electron chi connectivity index (χ0n) is 16.7. The topological polar surface area (TPSA) is 84.3 Å². The average Bonchev–Trinajstić information content (AvgIpc) is 2.76. The van der Waals surface area contributed by atoms with Gasteiger partial charge in [0.15, 0.2) is 9.84 Å². The first-order valence-corrected chi connectivity index (χ1v) is 11.2. The molecule has 0 spiro atoms. The van der Waals surface area contributed by atoms with Crippen LogP contribution in [0, 0.1) is 11.6 Å². The van der Waals surface area contributed by atoms with E-state index in [2.05, 4.69) is 4.98 Å². The molecule has 0 amide bonds. The molecule has 1 heterocycles. The van der Waals surface area contributed by atoms with Crippen molar-refractivity contribution in [2.75, 3.05) is 0 Å². The minimum Gasteiger partial charge on any atom is -0.478 e. The first-order chi connectivity index (χ1) is 15.8. The van der Waals surface area contributed by atoms with Crippen LogP contribution in [0.1, 0.15) is 27.6 Å². The summed E-state index contributed by atoms with van der Waals surface area (Å²) in [5.41, 5.74) is -2.11. The van der Waals surface area contributed by atoms with E-state index >= 15 is 0 Å². The Kier molecular flexibility index (Phi) is 7.08. The van der Waals surface area contributed by atoms with Crippen LogP contribution in [0.25, 0.3) is 6.08 Å². The molecular weight excluding hydrogens is 505 g/mol. The van der Waals surface area contributed by atoms with Gasteiger partial charge in [-0.05, 0) is 60.2 Å². The molecule has 5 nitrogen and oxygen atoms in total. The minimum atomic E-state index is -4.73. The summed E-state index contributed by atoms with van der Waals surface area (Å²) in [6.07, 6.45) is -2.00. The number of aromatic nitrogens is 1. The van der Waals surface area contributed by atoms with Gasteiger partial charge in [0.25, 0.3) is 0 Å². The van der Waals surface area contributed by atoms with Crippen molar-refractivity contribution in [3.8, 4) is 0 Å². The number of carboxylic acids is 1. The van der Waals surface area contributed by atoms with Crippen molar-refractivity contribution in [3.05, 3.63) is 99.8 Å². The minimum absolute atomic E-state index is 0.0637. The van der Waals surface area contributed by atoms with Gasteiger partial charge in [0, 0.05) is 17.8 Å². The fourth-order valence-corrected chi connectivity index (χ4v) is 5.22. The number of alkyl halides is 3. The van der Waals surface area contributed by atoms with Crippen LogP contribution in [-0.2, 0) is 20.8 Å². The number of nitrogens with zero attached hydrogens (tertiary/aromatic N) is 1. The Balaban J connectivity index is 2.27. The molecule has 0 aliphatic rings. The number of sulfone groups is 1. The average molecular weight is 518 g/mol. The monoisotopic (exact) mass is 517 g/mol. The number of hydrogen-bond acceptors (Lipinski definition) is 4. The Morgan fingerprint density at radius 2 is 1.68 bits per heavy atom. The Bertz CT molecular complexity index is 1370. The Labute approximate surface area is 195 Å². The van der Waals surface area contributed by atoms with E-state index in [0.717, 1.165) is 24.4 Å². The first-order valence-electron chi connectivity index (χ1n) is 9.23. The van der Waals surface area contributed by atoms with Gasteiger partial charge in [0.2, 0.25) is 0 Å². The molecule has 3 aromatic rings. The molecule has 1 atom stereocenters. The van der Waals surface area contributed by atoms with E-state index in [4.69, 9.17) is 16.7 Å². The van der Waals surface area contributed by atoms with Crippen LogP contribution in [0.4, 0.5) is 22.0 Å².